The SMILES string of the molecule is COc1ccc(C=CC=C2SC(=O)N(CC(=O)N3CCCC3)C2=O)cc1. The molecular weight excluding hydrogens is 352 g/mol. The van der Waals surface area contributed by atoms with Crippen molar-refractivity contribution < 1.29 is 19.1 Å². The van der Waals surface area contributed by atoms with E-state index in [4.69, 9.17) is 4.74 Å². The van der Waals surface area contributed by atoms with E-state index in [-0.39, 0.29) is 12.5 Å². The number of hydrogen-bond acceptors (Lipinski definition) is 5. The smallest absolute Gasteiger partial charge is 0.294 e. The van der Waals surface area contributed by atoms with Gasteiger partial charge in [0.2, 0.25) is 5.91 Å². The number of likely N-dealkylation sites (tertiary alicyclic amines) is 1. The molecule has 0 saturated carbocycles. The molecule has 0 atom stereocenters. The zero-order valence-electron chi connectivity index (χ0n) is 14.5. The van der Waals surface area contributed by atoms with Gasteiger partial charge < -0.3 is 9.64 Å². The van der Waals surface area contributed by atoms with Crippen molar-refractivity contribution in [2.45, 2.75) is 12.8 Å². The van der Waals surface area contributed by atoms with Gasteiger partial charge in [0.25, 0.3) is 11.1 Å². The van der Waals surface area contributed by atoms with Crippen LogP contribution in [0.4, 0.5) is 4.79 Å². The second-order valence-electron chi connectivity index (χ2n) is 6.01. The Hall–Kier alpha value is -2.54. The summed E-state index contributed by atoms with van der Waals surface area (Å²) in [5.41, 5.74) is 0.950. The van der Waals surface area contributed by atoms with Gasteiger partial charge in [0.15, 0.2) is 0 Å². The molecule has 0 aliphatic carbocycles. The number of rotatable bonds is 5. The number of methoxy groups -OCH3 is 1. The topological polar surface area (TPSA) is 66.9 Å². The van der Waals surface area contributed by atoms with Crippen LogP contribution in [0.15, 0.2) is 41.3 Å². The Labute approximate surface area is 156 Å². The van der Waals surface area contributed by atoms with Gasteiger partial charge in [0, 0.05) is 13.1 Å². The van der Waals surface area contributed by atoms with Crippen molar-refractivity contribution in [1.82, 2.24) is 9.80 Å². The molecule has 0 unspecified atom stereocenters. The summed E-state index contributed by atoms with van der Waals surface area (Å²) in [6, 6.07) is 7.47. The van der Waals surface area contributed by atoms with E-state index in [1.165, 1.54) is 0 Å². The van der Waals surface area contributed by atoms with Crippen LogP contribution in [0, 0.1) is 0 Å². The maximum absolute atomic E-state index is 12.4. The molecule has 0 aromatic heterocycles. The number of carbonyl (C=O) groups excluding carboxylic acids is 3. The minimum absolute atomic E-state index is 0.167. The van der Waals surface area contributed by atoms with Crippen molar-refractivity contribution in [3.05, 3.63) is 46.9 Å². The molecule has 0 spiro atoms. The van der Waals surface area contributed by atoms with E-state index in [0.717, 1.165) is 40.8 Å². The monoisotopic (exact) mass is 372 g/mol. The average molecular weight is 372 g/mol. The van der Waals surface area contributed by atoms with Crippen molar-refractivity contribution in [3.8, 4) is 5.75 Å². The minimum Gasteiger partial charge on any atom is -0.497 e. The van der Waals surface area contributed by atoms with Crippen molar-refractivity contribution in [3.63, 3.8) is 0 Å². The molecule has 3 amide bonds. The Bertz CT molecular complexity index is 764. The molecule has 0 radical (unpaired) electrons. The van der Waals surface area contributed by atoms with Crippen LogP contribution in [0.2, 0.25) is 0 Å². The van der Waals surface area contributed by atoms with Gasteiger partial charge in [-0.05, 0) is 48.4 Å². The van der Waals surface area contributed by atoms with Crippen molar-refractivity contribution >= 4 is 34.9 Å². The Kier molecular flexibility index (Phi) is 5.78. The van der Waals surface area contributed by atoms with Gasteiger partial charge in [-0.15, -0.1) is 0 Å². The number of hydrogen-bond donors (Lipinski definition) is 0. The van der Waals surface area contributed by atoms with Crippen LogP contribution < -0.4 is 4.74 Å². The number of ether oxygens (including phenoxy) is 1. The van der Waals surface area contributed by atoms with E-state index in [1.807, 2.05) is 30.3 Å². The Balaban J connectivity index is 1.62. The van der Waals surface area contributed by atoms with Crippen LogP contribution in [-0.2, 0) is 9.59 Å². The number of nitrogens with zero attached hydrogens (tertiary/aromatic N) is 2. The molecule has 2 aliphatic rings. The first-order valence-corrected chi connectivity index (χ1v) is 9.24. The van der Waals surface area contributed by atoms with Gasteiger partial charge in [-0.3, -0.25) is 19.3 Å². The number of imide groups is 1. The standard InChI is InChI=1S/C19H20N2O4S/c1-25-15-9-7-14(8-10-15)5-4-6-16-18(23)21(19(24)26-16)13-17(22)20-11-2-3-12-20/h4-10H,2-3,11-13H2,1H3. The summed E-state index contributed by atoms with van der Waals surface area (Å²) >= 11 is 0.864. The summed E-state index contributed by atoms with van der Waals surface area (Å²) < 4.78 is 5.10. The van der Waals surface area contributed by atoms with Crippen LogP contribution in [0.5, 0.6) is 5.75 Å². The van der Waals surface area contributed by atoms with Gasteiger partial charge in [0.05, 0.1) is 12.0 Å². The number of benzene rings is 1. The lowest BCUT2D eigenvalue weighted by Gasteiger charge is -2.18. The molecule has 1 aromatic carbocycles. The maximum atomic E-state index is 12.4. The maximum Gasteiger partial charge on any atom is 0.294 e. The zero-order chi connectivity index (χ0) is 18.5. The highest BCUT2D eigenvalue weighted by Crippen LogP contribution is 2.30. The van der Waals surface area contributed by atoms with Gasteiger partial charge >= 0.3 is 0 Å². The predicted octanol–water partition coefficient (Wildman–Crippen LogP) is 2.91. The molecule has 2 heterocycles. The summed E-state index contributed by atoms with van der Waals surface area (Å²) in [6.45, 7) is 1.23. The highest BCUT2D eigenvalue weighted by atomic mass is 32.2. The zero-order valence-corrected chi connectivity index (χ0v) is 15.3. The molecule has 6 nitrogen and oxygen atoms in total. The highest BCUT2D eigenvalue weighted by molar-refractivity contribution is 8.18. The van der Waals surface area contributed by atoms with Gasteiger partial charge in [-0.1, -0.05) is 24.3 Å². The molecule has 0 bridgehead atoms. The molecule has 7 heteroatoms. The van der Waals surface area contributed by atoms with Crippen LogP contribution in [0.25, 0.3) is 6.08 Å². The van der Waals surface area contributed by atoms with Crippen LogP contribution in [0.3, 0.4) is 0 Å². The lowest BCUT2D eigenvalue weighted by molar-refractivity contribution is -0.135. The quantitative estimate of drug-likeness (QED) is 0.744. The molecular formula is C19H20N2O4S. The Morgan fingerprint density at radius 3 is 2.54 bits per heavy atom. The van der Waals surface area contributed by atoms with E-state index in [2.05, 4.69) is 0 Å². The summed E-state index contributed by atoms with van der Waals surface area (Å²) in [5.74, 6) is 0.192. The van der Waals surface area contributed by atoms with Crippen LogP contribution >= 0.6 is 11.8 Å². The van der Waals surface area contributed by atoms with Crippen molar-refractivity contribution in [1.29, 1.82) is 0 Å². The number of amides is 3. The molecule has 2 aliphatic heterocycles. The fourth-order valence-corrected chi connectivity index (χ4v) is 3.60. The fraction of sp³-hybridized carbons (Fsp3) is 0.316. The Morgan fingerprint density at radius 2 is 1.88 bits per heavy atom. The minimum atomic E-state index is -0.410. The molecule has 26 heavy (non-hydrogen) atoms. The number of carbonyl (C=O) groups is 3. The summed E-state index contributed by atoms with van der Waals surface area (Å²) in [5, 5.41) is -0.397. The lowest BCUT2D eigenvalue weighted by Crippen LogP contribution is -2.40. The molecule has 136 valence electrons. The van der Waals surface area contributed by atoms with Crippen molar-refractivity contribution in [2.24, 2.45) is 0 Å². The molecule has 2 fully saturated rings. The molecule has 0 N–H and O–H groups in total. The predicted molar refractivity (Wildman–Crippen MR) is 101 cm³/mol. The second kappa shape index (κ2) is 8.23. The number of allylic oxidation sites excluding steroid dienone is 2. The summed E-state index contributed by atoms with van der Waals surface area (Å²) in [6.07, 6.45) is 7.12. The average Bonchev–Trinajstić information content (AvgIpc) is 3.27. The first-order valence-electron chi connectivity index (χ1n) is 8.42. The van der Waals surface area contributed by atoms with Crippen LogP contribution in [0.1, 0.15) is 18.4 Å². The highest BCUT2D eigenvalue weighted by Gasteiger charge is 2.37. The summed E-state index contributed by atoms with van der Waals surface area (Å²) in [4.78, 5) is 39.7. The normalized spacial score (nSPS) is 19.2. The van der Waals surface area contributed by atoms with Gasteiger partial charge in [-0.25, -0.2) is 0 Å². The van der Waals surface area contributed by atoms with E-state index >= 15 is 0 Å². The van der Waals surface area contributed by atoms with Gasteiger partial charge in [0.1, 0.15) is 12.3 Å². The number of thioether (sulfide) groups is 1. The third-order valence-corrected chi connectivity index (χ3v) is 5.20. The molecule has 3 rings (SSSR count). The van der Waals surface area contributed by atoms with E-state index in [9.17, 15) is 14.4 Å². The first-order chi connectivity index (χ1) is 12.6. The van der Waals surface area contributed by atoms with Crippen LogP contribution in [-0.4, -0.2) is 53.6 Å². The van der Waals surface area contributed by atoms with E-state index in [1.54, 1.807) is 24.2 Å². The first kappa shape index (κ1) is 18.3. The lowest BCUT2D eigenvalue weighted by atomic mass is 10.2. The molecule has 1 aromatic rings. The van der Waals surface area contributed by atoms with Crippen molar-refractivity contribution in [2.75, 3.05) is 26.7 Å². The summed E-state index contributed by atoms with van der Waals surface area (Å²) in [7, 11) is 1.61. The third-order valence-electron chi connectivity index (χ3n) is 4.28. The van der Waals surface area contributed by atoms with Gasteiger partial charge in [-0.2, -0.15) is 0 Å². The third kappa shape index (κ3) is 4.16. The molecule has 2 saturated heterocycles. The Morgan fingerprint density at radius 1 is 1.19 bits per heavy atom. The largest absolute Gasteiger partial charge is 0.497 e. The fourth-order valence-electron chi connectivity index (χ4n) is 2.81. The van der Waals surface area contributed by atoms with E-state index < -0.39 is 11.1 Å². The second-order valence-corrected chi connectivity index (χ2v) is 7.00. The van der Waals surface area contributed by atoms with E-state index in [0.29, 0.717) is 18.0 Å².